The van der Waals surface area contributed by atoms with Crippen molar-refractivity contribution in [3.05, 3.63) is 83.4 Å². The minimum Gasteiger partial charge on any atom is -0.497 e. The van der Waals surface area contributed by atoms with Crippen molar-refractivity contribution in [3.63, 3.8) is 0 Å². The lowest BCUT2D eigenvalue weighted by Gasteiger charge is -2.24. The third-order valence-electron chi connectivity index (χ3n) is 4.98. The number of anilines is 1. The van der Waals surface area contributed by atoms with E-state index in [0.29, 0.717) is 23.0 Å². The van der Waals surface area contributed by atoms with E-state index in [4.69, 9.17) is 16.3 Å². The molecule has 0 saturated heterocycles. The standard InChI is InChI=1S/C25H27ClN2O4S2/c1-19-4-14-24(15-5-19)34(30,31)28(21-8-10-22(32-2)11-9-21)18-25(29)27-16-3-17-33-23-12-6-20(26)7-13-23/h4-15H,3,16-18H2,1-2H3,(H,27,29). The molecule has 6 nitrogen and oxygen atoms in total. The minimum absolute atomic E-state index is 0.126. The average Bonchev–Trinajstić information content (AvgIpc) is 2.84. The summed E-state index contributed by atoms with van der Waals surface area (Å²) in [5, 5.41) is 3.52. The van der Waals surface area contributed by atoms with Crippen molar-refractivity contribution in [2.24, 2.45) is 0 Å². The van der Waals surface area contributed by atoms with Gasteiger partial charge in [0.25, 0.3) is 10.0 Å². The van der Waals surface area contributed by atoms with Crippen LogP contribution in [-0.2, 0) is 14.8 Å². The molecule has 0 aliphatic heterocycles. The van der Waals surface area contributed by atoms with Crippen LogP contribution < -0.4 is 14.4 Å². The lowest BCUT2D eigenvalue weighted by Crippen LogP contribution is -2.41. The number of aryl methyl sites for hydroxylation is 1. The highest BCUT2D eigenvalue weighted by atomic mass is 35.5. The zero-order chi connectivity index (χ0) is 24.6. The van der Waals surface area contributed by atoms with E-state index in [9.17, 15) is 13.2 Å². The molecule has 1 N–H and O–H groups in total. The number of benzene rings is 3. The van der Waals surface area contributed by atoms with Gasteiger partial charge in [0.05, 0.1) is 17.7 Å². The summed E-state index contributed by atoms with van der Waals surface area (Å²) in [5.74, 6) is 1.04. The Morgan fingerprint density at radius 1 is 1.00 bits per heavy atom. The van der Waals surface area contributed by atoms with E-state index in [2.05, 4.69) is 5.32 Å². The van der Waals surface area contributed by atoms with Gasteiger partial charge in [0.1, 0.15) is 12.3 Å². The second-order valence-electron chi connectivity index (χ2n) is 7.53. The predicted octanol–water partition coefficient (Wildman–Crippen LogP) is 5.15. The number of nitrogens with zero attached hydrogens (tertiary/aromatic N) is 1. The Morgan fingerprint density at radius 3 is 2.26 bits per heavy atom. The number of halogens is 1. The fourth-order valence-electron chi connectivity index (χ4n) is 3.11. The van der Waals surface area contributed by atoms with E-state index in [1.54, 1.807) is 60.3 Å². The van der Waals surface area contributed by atoms with Gasteiger partial charge in [0, 0.05) is 16.5 Å². The zero-order valence-electron chi connectivity index (χ0n) is 19.0. The number of sulfonamides is 1. The van der Waals surface area contributed by atoms with Crippen molar-refractivity contribution < 1.29 is 17.9 Å². The van der Waals surface area contributed by atoms with Crippen molar-refractivity contribution in [3.8, 4) is 5.75 Å². The van der Waals surface area contributed by atoms with Crippen LogP contribution in [0.5, 0.6) is 5.75 Å². The van der Waals surface area contributed by atoms with Crippen LogP contribution in [0.25, 0.3) is 0 Å². The quantitative estimate of drug-likeness (QED) is 0.280. The number of rotatable bonds is 11. The lowest BCUT2D eigenvalue weighted by atomic mass is 10.2. The summed E-state index contributed by atoms with van der Waals surface area (Å²) >= 11 is 7.57. The van der Waals surface area contributed by atoms with Gasteiger partial charge in [-0.1, -0.05) is 29.3 Å². The Labute approximate surface area is 210 Å². The number of carbonyl (C=O) groups excluding carboxylic acids is 1. The highest BCUT2D eigenvalue weighted by Gasteiger charge is 2.27. The summed E-state index contributed by atoms with van der Waals surface area (Å²) in [6, 6.07) is 20.7. The molecule has 3 rings (SSSR count). The number of hydrogen-bond donors (Lipinski definition) is 1. The zero-order valence-corrected chi connectivity index (χ0v) is 21.4. The van der Waals surface area contributed by atoms with E-state index in [1.165, 1.54) is 7.11 Å². The fourth-order valence-corrected chi connectivity index (χ4v) is 5.51. The number of nitrogens with one attached hydrogen (secondary N) is 1. The van der Waals surface area contributed by atoms with Crippen molar-refractivity contribution in [2.75, 3.05) is 30.3 Å². The third-order valence-corrected chi connectivity index (χ3v) is 8.12. The Hall–Kier alpha value is -2.68. The summed E-state index contributed by atoms with van der Waals surface area (Å²) < 4.78 is 33.1. The number of amides is 1. The van der Waals surface area contributed by atoms with E-state index in [0.717, 1.165) is 26.9 Å². The molecule has 3 aromatic carbocycles. The molecule has 0 unspecified atom stereocenters. The lowest BCUT2D eigenvalue weighted by molar-refractivity contribution is -0.119. The molecule has 0 fully saturated rings. The van der Waals surface area contributed by atoms with Crippen LogP contribution in [0, 0.1) is 6.92 Å². The van der Waals surface area contributed by atoms with E-state index in [1.807, 2.05) is 31.2 Å². The molecule has 0 heterocycles. The Kier molecular flexibility index (Phi) is 9.27. The smallest absolute Gasteiger partial charge is 0.264 e. The van der Waals surface area contributed by atoms with Crippen LogP contribution in [0.3, 0.4) is 0 Å². The molecule has 0 atom stereocenters. The first-order valence-corrected chi connectivity index (χ1v) is 13.5. The summed E-state index contributed by atoms with van der Waals surface area (Å²) in [5.41, 5.74) is 1.33. The second-order valence-corrected chi connectivity index (χ2v) is 11.0. The topological polar surface area (TPSA) is 75.7 Å². The van der Waals surface area contributed by atoms with Gasteiger partial charge in [0.15, 0.2) is 0 Å². The maximum Gasteiger partial charge on any atom is 0.264 e. The molecule has 0 aromatic heterocycles. The van der Waals surface area contributed by atoms with E-state index in [-0.39, 0.29) is 17.3 Å². The van der Waals surface area contributed by atoms with E-state index >= 15 is 0 Å². The Bertz CT molecular complexity index is 1180. The maximum absolute atomic E-state index is 13.4. The largest absolute Gasteiger partial charge is 0.497 e. The molecule has 1 amide bonds. The number of thioether (sulfide) groups is 1. The molecular weight excluding hydrogens is 492 g/mol. The van der Waals surface area contributed by atoms with Crippen molar-refractivity contribution in [1.29, 1.82) is 0 Å². The molecule has 0 aliphatic carbocycles. The second kappa shape index (κ2) is 12.1. The molecule has 0 aliphatic rings. The highest BCUT2D eigenvalue weighted by Crippen LogP contribution is 2.26. The molecule has 0 radical (unpaired) electrons. The van der Waals surface area contributed by atoms with Gasteiger partial charge in [0.2, 0.25) is 5.91 Å². The molecule has 0 bridgehead atoms. The van der Waals surface area contributed by atoms with Crippen LogP contribution in [0.1, 0.15) is 12.0 Å². The maximum atomic E-state index is 13.4. The summed E-state index contributed by atoms with van der Waals surface area (Å²) in [6.07, 6.45) is 0.742. The summed E-state index contributed by atoms with van der Waals surface area (Å²) in [4.78, 5) is 13.9. The Morgan fingerprint density at radius 2 is 1.65 bits per heavy atom. The van der Waals surface area contributed by atoms with Crippen LogP contribution in [0.15, 0.2) is 82.6 Å². The molecular formula is C25H27ClN2O4S2. The molecule has 0 spiro atoms. The SMILES string of the molecule is COc1ccc(N(CC(=O)NCCCSc2ccc(Cl)cc2)S(=O)(=O)c2ccc(C)cc2)cc1. The van der Waals surface area contributed by atoms with Crippen LogP contribution in [-0.4, -0.2) is 40.3 Å². The van der Waals surface area contributed by atoms with Crippen LogP contribution in [0.2, 0.25) is 5.02 Å². The van der Waals surface area contributed by atoms with Gasteiger partial charge in [-0.15, -0.1) is 11.8 Å². The minimum atomic E-state index is -3.94. The monoisotopic (exact) mass is 518 g/mol. The third kappa shape index (κ3) is 7.16. The first kappa shape index (κ1) is 25.9. The molecule has 180 valence electrons. The van der Waals surface area contributed by atoms with Crippen molar-refractivity contribution >= 4 is 45.0 Å². The molecule has 9 heteroatoms. The number of methoxy groups -OCH3 is 1. The van der Waals surface area contributed by atoms with Gasteiger partial charge < -0.3 is 10.1 Å². The normalized spacial score (nSPS) is 11.1. The van der Waals surface area contributed by atoms with Gasteiger partial charge >= 0.3 is 0 Å². The summed E-state index contributed by atoms with van der Waals surface area (Å²) in [7, 11) is -2.41. The Balaban J connectivity index is 1.65. The van der Waals surface area contributed by atoms with Gasteiger partial charge in [-0.05, 0) is 79.8 Å². The van der Waals surface area contributed by atoms with E-state index < -0.39 is 10.0 Å². The summed E-state index contributed by atoms with van der Waals surface area (Å²) in [6.45, 7) is 2.00. The fraction of sp³-hybridized carbons (Fsp3) is 0.240. The first-order chi connectivity index (χ1) is 16.3. The number of carbonyl (C=O) groups is 1. The molecule has 0 saturated carbocycles. The van der Waals surface area contributed by atoms with Gasteiger partial charge in [-0.3, -0.25) is 9.10 Å². The van der Waals surface area contributed by atoms with Crippen molar-refractivity contribution in [2.45, 2.75) is 23.1 Å². The number of ether oxygens (including phenoxy) is 1. The first-order valence-electron chi connectivity index (χ1n) is 10.7. The van der Waals surface area contributed by atoms with Gasteiger partial charge in [-0.25, -0.2) is 8.42 Å². The van der Waals surface area contributed by atoms with Crippen LogP contribution >= 0.6 is 23.4 Å². The molecule has 3 aromatic rings. The number of hydrogen-bond acceptors (Lipinski definition) is 5. The van der Waals surface area contributed by atoms with Crippen LogP contribution in [0.4, 0.5) is 5.69 Å². The average molecular weight is 519 g/mol. The molecule has 34 heavy (non-hydrogen) atoms. The highest BCUT2D eigenvalue weighted by molar-refractivity contribution is 7.99. The predicted molar refractivity (Wildman–Crippen MR) is 139 cm³/mol. The van der Waals surface area contributed by atoms with Gasteiger partial charge in [-0.2, -0.15) is 0 Å². The van der Waals surface area contributed by atoms with Crippen molar-refractivity contribution in [1.82, 2.24) is 5.32 Å².